The molecule has 3 N–H and O–H groups in total. The van der Waals surface area contributed by atoms with Crippen molar-refractivity contribution in [2.24, 2.45) is 0 Å². The molecule has 0 spiro atoms. The average molecular weight is 326 g/mol. The number of nitrogens with one attached hydrogen (secondary N) is 1. The highest BCUT2D eigenvalue weighted by molar-refractivity contribution is 9.10. The number of carbonyl (C=O) groups is 2. The number of amides is 2. The summed E-state index contributed by atoms with van der Waals surface area (Å²) in [5, 5.41) is 2.76. The van der Waals surface area contributed by atoms with Crippen LogP contribution in [-0.2, 0) is 4.79 Å². The van der Waals surface area contributed by atoms with Gasteiger partial charge < -0.3 is 16.0 Å². The summed E-state index contributed by atoms with van der Waals surface area (Å²) in [4.78, 5) is 26.0. The standard InChI is InChI=1S/C13H16BrN3O2/c1-13(2)12(19)16-5-6-17(13)11(18)9-7-8(14)3-4-10(9)15/h3-4,7H,5-6,15H2,1-2H3,(H,16,19). The molecule has 2 rings (SSSR count). The van der Waals surface area contributed by atoms with Gasteiger partial charge in [-0.2, -0.15) is 0 Å². The fourth-order valence-corrected chi connectivity index (χ4v) is 2.48. The van der Waals surface area contributed by atoms with Crippen LogP contribution in [0.25, 0.3) is 0 Å². The van der Waals surface area contributed by atoms with Crippen molar-refractivity contribution in [1.82, 2.24) is 10.2 Å². The van der Waals surface area contributed by atoms with E-state index in [9.17, 15) is 9.59 Å². The molecule has 0 atom stereocenters. The van der Waals surface area contributed by atoms with Gasteiger partial charge in [0.05, 0.1) is 5.56 Å². The first kappa shape index (κ1) is 13.9. The number of halogens is 1. The number of hydrogen-bond acceptors (Lipinski definition) is 3. The minimum absolute atomic E-state index is 0.152. The second kappa shape index (κ2) is 4.85. The van der Waals surface area contributed by atoms with Gasteiger partial charge in [-0.3, -0.25) is 9.59 Å². The van der Waals surface area contributed by atoms with E-state index in [1.165, 1.54) is 0 Å². The minimum atomic E-state index is -0.871. The van der Waals surface area contributed by atoms with Crippen LogP contribution in [0.3, 0.4) is 0 Å². The summed E-state index contributed by atoms with van der Waals surface area (Å²) in [6.45, 7) is 4.40. The van der Waals surface area contributed by atoms with Gasteiger partial charge in [0.2, 0.25) is 5.91 Å². The van der Waals surface area contributed by atoms with Crippen LogP contribution in [0.1, 0.15) is 24.2 Å². The lowest BCUT2D eigenvalue weighted by Crippen LogP contribution is -2.63. The summed E-state index contributed by atoms with van der Waals surface area (Å²) in [7, 11) is 0. The number of piperazine rings is 1. The molecule has 1 saturated heterocycles. The second-order valence-corrected chi connectivity index (χ2v) is 5.92. The van der Waals surface area contributed by atoms with Gasteiger partial charge >= 0.3 is 0 Å². The molecule has 0 aromatic heterocycles. The van der Waals surface area contributed by atoms with Crippen molar-refractivity contribution in [2.45, 2.75) is 19.4 Å². The van der Waals surface area contributed by atoms with Gasteiger partial charge in [0.1, 0.15) is 5.54 Å². The molecule has 1 heterocycles. The average Bonchev–Trinajstić information content (AvgIpc) is 2.35. The molecule has 0 unspecified atom stereocenters. The number of carbonyl (C=O) groups excluding carboxylic acids is 2. The number of nitrogen functional groups attached to an aromatic ring is 1. The topological polar surface area (TPSA) is 75.4 Å². The Morgan fingerprint density at radius 2 is 2.16 bits per heavy atom. The van der Waals surface area contributed by atoms with Gasteiger partial charge in [0.15, 0.2) is 0 Å². The predicted molar refractivity (Wildman–Crippen MR) is 76.7 cm³/mol. The smallest absolute Gasteiger partial charge is 0.256 e. The van der Waals surface area contributed by atoms with E-state index in [-0.39, 0.29) is 11.8 Å². The largest absolute Gasteiger partial charge is 0.398 e. The van der Waals surface area contributed by atoms with Crippen LogP contribution in [0, 0.1) is 0 Å². The van der Waals surface area contributed by atoms with Crippen LogP contribution in [0.15, 0.2) is 22.7 Å². The van der Waals surface area contributed by atoms with E-state index in [0.29, 0.717) is 24.3 Å². The Morgan fingerprint density at radius 3 is 2.84 bits per heavy atom. The van der Waals surface area contributed by atoms with Gasteiger partial charge in [-0.15, -0.1) is 0 Å². The first-order valence-electron chi connectivity index (χ1n) is 5.99. The Bertz CT molecular complexity index is 543. The molecule has 0 aliphatic carbocycles. The highest BCUT2D eigenvalue weighted by Gasteiger charge is 2.41. The Kier molecular flexibility index (Phi) is 3.54. The van der Waals surface area contributed by atoms with Gasteiger partial charge in [0, 0.05) is 23.2 Å². The van der Waals surface area contributed by atoms with Gasteiger partial charge in [-0.1, -0.05) is 15.9 Å². The Hall–Kier alpha value is -1.56. The molecular formula is C13H16BrN3O2. The molecular weight excluding hydrogens is 310 g/mol. The number of benzene rings is 1. The lowest BCUT2D eigenvalue weighted by Gasteiger charge is -2.41. The Morgan fingerprint density at radius 1 is 1.47 bits per heavy atom. The Balaban J connectivity index is 2.38. The molecule has 1 aromatic rings. The fourth-order valence-electron chi connectivity index (χ4n) is 2.11. The summed E-state index contributed by atoms with van der Waals surface area (Å²) in [6, 6.07) is 5.13. The normalized spacial score (nSPS) is 18.1. The van der Waals surface area contributed by atoms with Gasteiger partial charge in [-0.05, 0) is 32.0 Å². The van der Waals surface area contributed by atoms with E-state index in [1.807, 2.05) is 0 Å². The monoisotopic (exact) mass is 325 g/mol. The quantitative estimate of drug-likeness (QED) is 0.766. The van der Waals surface area contributed by atoms with Crippen molar-refractivity contribution in [3.63, 3.8) is 0 Å². The summed E-state index contributed by atoms with van der Waals surface area (Å²) in [5.41, 5.74) is 5.81. The lowest BCUT2D eigenvalue weighted by molar-refractivity contribution is -0.133. The van der Waals surface area contributed by atoms with Crippen molar-refractivity contribution in [1.29, 1.82) is 0 Å². The third-order valence-electron chi connectivity index (χ3n) is 3.34. The molecule has 1 fully saturated rings. The van der Waals surface area contributed by atoms with Gasteiger partial charge in [-0.25, -0.2) is 0 Å². The van der Waals surface area contributed by atoms with Crippen molar-refractivity contribution < 1.29 is 9.59 Å². The maximum atomic E-state index is 12.6. The molecule has 1 aromatic carbocycles. The van der Waals surface area contributed by atoms with Crippen molar-refractivity contribution in [2.75, 3.05) is 18.8 Å². The summed E-state index contributed by atoms with van der Waals surface area (Å²) >= 11 is 3.32. The van der Waals surface area contributed by atoms with Crippen molar-refractivity contribution in [3.05, 3.63) is 28.2 Å². The molecule has 0 saturated carbocycles. The molecule has 1 aliphatic heterocycles. The molecule has 19 heavy (non-hydrogen) atoms. The van der Waals surface area contributed by atoms with Crippen LogP contribution in [0.5, 0.6) is 0 Å². The predicted octanol–water partition coefficient (Wildman–Crippen LogP) is 1.38. The van der Waals surface area contributed by atoms with Crippen LogP contribution in [0.4, 0.5) is 5.69 Å². The number of anilines is 1. The zero-order chi connectivity index (χ0) is 14.2. The third kappa shape index (κ3) is 2.45. The SMILES string of the molecule is CC1(C)C(=O)NCCN1C(=O)c1cc(Br)ccc1N. The number of hydrogen-bond donors (Lipinski definition) is 2. The Labute approximate surface area is 120 Å². The van der Waals surface area contributed by atoms with E-state index in [1.54, 1.807) is 36.9 Å². The zero-order valence-electron chi connectivity index (χ0n) is 10.9. The van der Waals surface area contributed by atoms with E-state index >= 15 is 0 Å². The summed E-state index contributed by atoms with van der Waals surface area (Å²) in [5.74, 6) is -0.376. The lowest BCUT2D eigenvalue weighted by atomic mass is 9.97. The van der Waals surface area contributed by atoms with E-state index in [2.05, 4.69) is 21.2 Å². The molecule has 0 radical (unpaired) electrons. The highest BCUT2D eigenvalue weighted by Crippen LogP contribution is 2.25. The maximum Gasteiger partial charge on any atom is 0.256 e. The maximum absolute atomic E-state index is 12.6. The molecule has 6 heteroatoms. The number of rotatable bonds is 1. The summed E-state index contributed by atoms with van der Waals surface area (Å²) < 4.78 is 0.782. The van der Waals surface area contributed by atoms with E-state index < -0.39 is 5.54 Å². The zero-order valence-corrected chi connectivity index (χ0v) is 12.5. The molecule has 102 valence electrons. The van der Waals surface area contributed by atoms with Crippen LogP contribution < -0.4 is 11.1 Å². The van der Waals surface area contributed by atoms with Crippen LogP contribution in [-0.4, -0.2) is 35.3 Å². The van der Waals surface area contributed by atoms with Crippen molar-refractivity contribution in [3.8, 4) is 0 Å². The minimum Gasteiger partial charge on any atom is -0.398 e. The van der Waals surface area contributed by atoms with E-state index in [4.69, 9.17) is 5.73 Å². The molecule has 2 amide bonds. The first-order valence-corrected chi connectivity index (χ1v) is 6.78. The highest BCUT2D eigenvalue weighted by atomic mass is 79.9. The fraction of sp³-hybridized carbons (Fsp3) is 0.385. The number of nitrogens with zero attached hydrogens (tertiary/aromatic N) is 1. The van der Waals surface area contributed by atoms with Gasteiger partial charge in [0.25, 0.3) is 5.91 Å². The third-order valence-corrected chi connectivity index (χ3v) is 3.84. The summed E-state index contributed by atoms with van der Waals surface area (Å²) in [6.07, 6.45) is 0. The first-order chi connectivity index (χ1) is 8.84. The molecule has 0 bridgehead atoms. The van der Waals surface area contributed by atoms with Crippen LogP contribution >= 0.6 is 15.9 Å². The van der Waals surface area contributed by atoms with E-state index in [0.717, 1.165) is 4.47 Å². The molecule has 1 aliphatic rings. The van der Waals surface area contributed by atoms with Crippen LogP contribution in [0.2, 0.25) is 0 Å². The molecule has 5 nitrogen and oxygen atoms in total. The van der Waals surface area contributed by atoms with Crippen molar-refractivity contribution >= 4 is 33.4 Å². The second-order valence-electron chi connectivity index (χ2n) is 5.00. The number of nitrogens with two attached hydrogens (primary N) is 1.